The van der Waals surface area contributed by atoms with E-state index in [0.29, 0.717) is 0 Å². The van der Waals surface area contributed by atoms with Crippen LogP contribution in [0.25, 0.3) is 0 Å². The molecule has 16 heavy (non-hydrogen) atoms. The number of benzene rings is 1. The zero-order valence-electron chi connectivity index (χ0n) is 8.15. The lowest BCUT2D eigenvalue weighted by atomic mass is 10.1. The van der Waals surface area contributed by atoms with Crippen molar-refractivity contribution in [1.29, 1.82) is 0 Å². The van der Waals surface area contributed by atoms with Gasteiger partial charge in [-0.2, -0.15) is 13.2 Å². The summed E-state index contributed by atoms with van der Waals surface area (Å²) in [5.74, 6) is -0.990. The predicted octanol–water partition coefficient (Wildman–Crippen LogP) is 1.06. The van der Waals surface area contributed by atoms with Gasteiger partial charge in [0.25, 0.3) is 0 Å². The summed E-state index contributed by atoms with van der Waals surface area (Å²) in [5.41, 5.74) is -1.05. The Hall–Kier alpha value is -1.41. The maximum atomic E-state index is 12.5. The molecule has 0 aliphatic rings. The molecular formula is C8H8BF3O4. The molecule has 88 valence electrons. The van der Waals surface area contributed by atoms with Crippen molar-refractivity contribution in [1.82, 2.24) is 0 Å². The molecule has 0 amide bonds. The van der Waals surface area contributed by atoms with Gasteiger partial charge in [-0.15, -0.1) is 0 Å². The van der Waals surface area contributed by atoms with Crippen LogP contribution in [0.5, 0.6) is 11.5 Å². The smallest absolute Gasteiger partial charge is 0.509 e. The van der Waals surface area contributed by atoms with Crippen LogP contribution < -0.4 is 9.39 Å². The standard InChI is InChI=1S/C8H8BF3O4/c1-15-7-5(8(10,11)12)3-2-4-6(7)16-9(13)14/h2-4,13-14H,1H3. The summed E-state index contributed by atoms with van der Waals surface area (Å²) in [6.45, 7) is 0. The van der Waals surface area contributed by atoms with Crippen molar-refractivity contribution < 1.29 is 32.6 Å². The minimum absolute atomic E-state index is 0.396. The summed E-state index contributed by atoms with van der Waals surface area (Å²) in [7, 11) is -1.18. The third-order valence-corrected chi connectivity index (χ3v) is 1.72. The van der Waals surface area contributed by atoms with Gasteiger partial charge in [-0.1, -0.05) is 6.07 Å². The maximum absolute atomic E-state index is 12.5. The molecule has 0 aliphatic heterocycles. The number of para-hydroxylation sites is 1. The largest absolute Gasteiger partial charge is 0.707 e. The second-order valence-electron chi connectivity index (χ2n) is 2.78. The van der Waals surface area contributed by atoms with E-state index < -0.39 is 30.6 Å². The van der Waals surface area contributed by atoms with Gasteiger partial charge in [0.15, 0.2) is 5.75 Å². The van der Waals surface area contributed by atoms with Gasteiger partial charge < -0.3 is 19.4 Å². The van der Waals surface area contributed by atoms with E-state index >= 15 is 0 Å². The summed E-state index contributed by atoms with van der Waals surface area (Å²) in [4.78, 5) is 0. The van der Waals surface area contributed by atoms with E-state index in [4.69, 9.17) is 10.0 Å². The van der Waals surface area contributed by atoms with Crippen molar-refractivity contribution in [3.63, 3.8) is 0 Å². The molecule has 0 aliphatic carbocycles. The van der Waals surface area contributed by atoms with Gasteiger partial charge >= 0.3 is 13.5 Å². The lowest BCUT2D eigenvalue weighted by Crippen LogP contribution is -2.21. The fourth-order valence-electron chi connectivity index (χ4n) is 1.16. The first-order valence-electron chi connectivity index (χ1n) is 4.13. The van der Waals surface area contributed by atoms with Crippen molar-refractivity contribution in [2.75, 3.05) is 7.11 Å². The Kier molecular flexibility index (Phi) is 3.66. The van der Waals surface area contributed by atoms with Crippen molar-refractivity contribution >= 4 is 7.32 Å². The minimum Gasteiger partial charge on any atom is -0.509 e. The maximum Gasteiger partial charge on any atom is 0.707 e. The Balaban J connectivity index is 3.21. The second kappa shape index (κ2) is 4.62. The molecule has 0 spiro atoms. The van der Waals surface area contributed by atoms with Gasteiger partial charge in [0.05, 0.1) is 7.11 Å². The molecular weight excluding hydrogens is 228 g/mol. The van der Waals surface area contributed by atoms with E-state index in [0.717, 1.165) is 25.3 Å². The van der Waals surface area contributed by atoms with Gasteiger partial charge in [-0.3, -0.25) is 0 Å². The number of hydrogen-bond donors (Lipinski definition) is 2. The van der Waals surface area contributed by atoms with E-state index in [1.807, 2.05) is 0 Å². The first-order valence-corrected chi connectivity index (χ1v) is 4.13. The zero-order valence-corrected chi connectivity index (χ0v) is 8.15. The highest BCUT2D eigenvalue weighted by Gasteiger charge is 2.36. The number of rotatable bonds is 3. The van der Waals surface area contributed by atoms with Crippen LogP contribution in [0.15, 0.2) is 18.2 Å². The average Bonchev–Trinajstić information content (AvgIpc) is 2.15. The first-order chi connectivity index (χ1) is 7.36. The van der Waals surface area contributed by atoms with Crippen LogP contribution in [-0.4, -0.2) is 24.5 Å². The molecule has 8 heteroatoms. The van der Waals surface area contributed by atoms with Crippen LogP contribution in [0.1, 0.15) is 5.56 Å². The number of methoxy groups -OCH3 is 1. The zero-order chi connectivity index (χ0) is 12.3. The molecule has 1 rings (SSSR count). The summed E-state index contributed by atoms with van der Waals surface area (Å²) in [5, 5.41) is 17.0. The quantitative estimate of drug-likeness (QED) is 0.770. The lowest BCUT2D eigenvalue weighted by Gasteiger charge is -2.15. The predicted molar refractivity (Wildman–Crippen MR) is 48.8 cm³/mol. The van der Waals surface area contributed by atoms with Crippen LogP contribution in [-0.2, 0) is 6.18 Å². The van der Waals surface area contributed by atoms with Crippen molar-refractivity contribution in [2.24, 2.45) is 0 Å². The van der Waals surface area contributed by atoms with E-state index in [1.54, 1.807) is 0 Å². The SMILES string of the molecule is COc1c(OB(O)O)cccc1C(F)(F)F. The molecule has 0 heterocycles. The highest BCUT2D eigenvalue weighted by Crippen LogP contribution is 2.41. The molecule has 0 atom stereocenters. The van der Waals surface area contributed by atoms with E-state index in [-0.39, 0.29) is 0 Å². The van der Waals surface area contributed by atoms with E-state index in [1.165, 1.54) is 0 Å². The second-order valence-corrected chi connectivity index (χ2v) is 2.78. The molecule has 0 fully saturated rings. The van der Waals surface area contributed by atoms with Crippen LogP contribution in [0.2, 0.25) is 0 Å². The molecule has 2 N–H and O–H groups in total. The van der Waals surface area contributed by atoms with Gasteiger partial charge in [0, 0.05) is 0 Å². The number of hydrogen-bond acceptors (Lipinski definition) is 4. The lowest BCUT2D eigenvalue weighted by molar-refractivity contribution is -0.138. The Bertz CT molecular complexity index is 367. The van der Waals surface area contributed by atoms with Gasteiger partial charge in [0.1, 0.15) is 11.3 Å². The number of alkyl halides is 3. The number of ether oxygens (including phenoxy) is 1. The van der Waals surface area contributed by atoms with Crippen LogP contribution in [0.4, 0.5) is 13.2 Å². The molecule has 1 aromatic carbocycles. The number of halogens is 3. The molecule has 0 saturated heterocycles. The topological polar surface area (TPSA) is 58.9 Å². The van der Waals surface area contributed by atoms with Crippen molar-refractivity contribution in [2.45, 2.75) is 6.18 Å². The Labute approximate surface area is 89.4 Å². The first kappa shape index (κ1) is 12.7. The highest BCUT2D eigenvalue weighted by molar-refractivity contribution is 6.33. The normalized spacial score (nSPS) is 11.1. The third kappa shape index (κ3) is 2.80. The molecule has 0 aromatic heterocycles. The molecule has 1 aromatic rings. The third-order valence-electron chi connectivity index (χ3n) is 1.72. The van der Waals surface area contributed by atoms with E-state index in [2.05, 4.69) is 9.39 Å². The fourth-order valence-corrected chi connectivity index (χ4v) is 1.16. The minimum atomic E-state index is -4.61. The molecule has 0 unspecified atom stereocenters. The Morgan fingerprint density at radius 1 is 1.25 bits per heavy atom. The molecule has 4 nitrogen and oxygen atoms in total. The van der Waals surface area contributed by atoms with E-state index in [9.17, 15) is 13.2 Å². The highest BCUT2D eigenvalue weighted by atomic mass is 19.4. The monoisotopic (exact) mass is 236 g/mol. The fraction of sp³-hybridized carbons (Fsp3) is 0.250. The summed E-state index contributed by atoms with van der Waals surface area (Å²) < 4.78 is 46.4. The van der Waals surface area contributed by atoms with Gasteiger partial charge in [-0.05, 0) is 12.1 Å². The summed E-state index contributed by atoms with van der Waals surface area (Å²) in [6.07, 6.45) is -4.61. The van der Waals surface area contributed by atoms with Gasteiger partial charge in [0.2, 0.25) is 0 Å². The van der Waals surface area contributed by atoms with Crippen molar-refractivity contribution in [3.05, 3.63) is 23.8 Å². The van der Waals surface area contributed by atoms with Crippen molar-refractivity contribution in [3.8, 4) is 11.5 Å². The molecule has 0 bridgehead atoms. The summed E-state index contributed by atoms with van der Waals surface area (Å²) in [6, 6.07) is 3.01. The van der Waals surface area contributed by atoms with Gasteiger partial charge in [-0.25, -0.2) is 0 Å². The van der Waals surface area contributed by atoms with Crippen LogP contribution in [0, 0.1) is 0 Å². The summed E-state index contributed by atoms with van der Waals surface area (Å²) >= 11 is 0. The molecule has 0 saturated carbocycles. The Morgan fingerprint density at radius 2 is 1.88 bits per heavy atom. The Morgan fingerprint density at radius 3 is 2.31 bits per heavy atom. The average molecular weight is 236 g/mol. The molecule has 0 radical (unpaired) electrons. The van der Waals surface area contributed by atoms with Crippen LogP contribution >= 0.6 is 0 Å². The van der Waals surface area contributed by atoms with Crippen LogP contribution in [0.3, 0.4) is 0 Å².